The lowest BCUT2D eigenvalue weighted by Crippen LogP contribution is -2.62. The smallest absolute Gasteiger partial charge is 0.410 e. The highest BCUT2D eigenvalue weighted by Gasteiger charge is 2.50. The lowest BCUT2D eigenvalue weighted by Gasteiger charge is -2.44. The average Bonchev–Trinajstić information content (AvgIpc) is 2.88. The second-order valence-electron chi connectivity index (χ2n) is 5.98. The third kappa shape index (κ3) is 2.76. The van der Waals surface area contributed by atoms with Gasteiger partial charge in [0, 0.05) is 30.2 Å². The molecule has 0 aromatic heterocycles. The molecule has 7 heteroatoms. The first-order chi connectivity index (χ1) is 11.0. The fourth-order valence-electron chi connectivity index (χ4n) is 3.24. The van der Waals surface area contributed by atoms with E-state index in [-0.39, 0.29) is 35.6 Å². The van der Waals surface area contributed by atoms with Crippen molar-refractivity contribution in [1.29, 1.82) is 0 Å². The summed E-state index contributed by atoms with van der Waals surface area (Å²) < 4.78 is 19.0. The number of hydrogen-bond acceptors (Lipinski definition) is 3. The highest BCUT2D eigenvalue weighted by atomic mass is 35.5. The van der Waals surface area contributed by atoms with E-state index in [2.05, 4.69) is 0 Å². The number of rotatable bonds is 3. The van der Waals surface area contributed by atoms with Crippen molar-refractivity contribution >= 4 is 23.6 Å². The SMILES string of the molecule is CCC12COC(=O)N1CCN(C(=O)Cc1c(F)cccc1Cl)C2. The first-order valence-electron chi connectivity index (χ1n) is 7.62. The molecule has 0 radical (unpaired) electrons. The molecule has 2 aliphatic rings. The monoisotopic (exact) mass is 340 g/mol. The summed E-state index contributed by atoms with van der Waals surface area (Å²) in [5.41, 5.74) is -0.254. The maximum atomic E-state index is 13.9. The van der Waals surface area contributed by atoms with Gasteiger partial charge < -0.3 is 9.64 Å². The Morgan fingerprint density at radius 3 is 2.91 bits per heavy atom. The predicted molar refractivity (Wildman–Crippen MR) is 82.8 cm³/mol. The summed E-state index contributed by atoms with van der Waals surface area (Å²) in [5.74, 6) is -0.669. The molecule has 3 rings (SSSR count). The van der Waals surface area contributed by atoms with E-state index in [1.807, 2.05) is 6.92 Å². The number of carbonyl (C=O) groups is 2. The Labute approximate surface area is 138 Å². The number of piperazine rings is 1. The summed E-state index contributed by atoms with van der Waals surface area (Å²) >= 11 is 5.99. The number of cyclic esters (lactones) is 1. The largest absolute Gasteiger partial charge is 0.447 e. The van der Waals surface area contributed by atoms with Crippen LogP contribution < -0.4 is 0 Å². The number of hydrogen-bond donors (Lipinski definition) is 0. The second-order valence-corrected chi connectivity index (χ2v) is 6.38. The lowest BCUT2D eigenvalue weighted by atomic mass is 9.92. The second kappa shape index (κ2) is 6.00. The van der Waals surface area contributed by atoms with Crippen LogP contribution in [0.2, 0.25) is 5.02 Å². The minimum atomic E-state index is -0.478. The van der Waals surface area contributed by atoms with E-state index in [9.17, 15) is 14.0 Å². The molecule has 1 atom stereocenters. The molecule has 0 N–H and O–H groups in total. The molecule has 1 aromatic rings. The van der Waals surface area contributed by atoms with Gasteiger partial charge in [0.15, 0.2) is 0 Å². The van der Waals surface area contributed by atoms with Gasteiger partial charge >= 0.3 is 6.09 Å². The zero-order valence-corrected chi connectivity index (χ0v) is 13.6. The van der Waals surface area contributed by atoms with Crippen LogP contribution in [0, 0.1) is 5.82 Å². The van der Waals surface area contributed by atoms with Crippen LogP contribution in [0.15, 0.2) is 18.2 Å². The fraction of sp³-hybridized carbons (Fsp3) is 0.500. The van der Waals surface area contributed by atoms with Crippen molar-refractivity contribution in [1.82, 2.24) is 9.80 Å². The Kier molecular flexibility index (Phi) is 4.19. The van der Waals surface area contributed by atoms with Gasteiger partial charge in [-0.3, -0.25) is 9.69 Å². The summed E-state index contributed by atoms with van der Waals surface area (Å²) in [6.07, 6.45) is 0.291. The average molecular weight is 341 g/mol. The van der Waals surface area contributed by atoms with Crippen molar-refractivity contribution in [2.24, 2.45) is 0 Å². The molecule has 0 bridgehead atoms. The highest BCUT2D eigenvalue weighted by molar-refractivity contribution is 6.31. The molecule has 2 amide bonds. The van der Waals surface area contributed by atoms with E-state index in [1.54, 1.807) is 15.9 Å². The Balaban J connectivity index is 1.75. The molecule has 2 saturated heterocycles. The Bertz CT molecular complexity index is 634. The number of amides is 2. The van der Waals surface area contributed by atoms with Crippen LogP contribution in [0.5, 0.6) is 0 Å². The standard InChI is InChI=1S/C16H18ClFN2O3/c1-2-16-9-19(6-7-20(16)15(22)23-10-16)14(21)8-11-12(17)4-3-5-13(11)18/h3-5H,2,6-10H2,1H3. The van der Waals surface area contributed by atoms with Crippen LogP contribution in [0.25, 0.3) is 0 Å². The van der Waals surface area contributed by atoms with Gasteiger partial charge in [0.1, 0.15) is 12.4 Å². The van der Waals surface area contributed by atoms with Gasteiger partial charge in [0.25, 0.3) is 0 Å². The first-order valence-corrected chi connectivity index (χ1v) is 8.00. The third-order valence-corrected chi connectivity index (χ3v) is 5.09. The molecule has 23 heavy (non-hydrogen) atoms. The number of ether oxygens (including phenoxy) is 1. The van der Waals surface area contributed by atoms with E-state index in [0.717, 1.165) is 0 Å². The number of fused-ring (bicyclic) bond motifs is 1. The van der Waals surface area contributed by atoms with Crippen LogP contribution in [0.3, 0.4) is 0 Å². The van der Waals surface area contributed by atoms with E-state index in [4.69, 9.17) is 16.3 Å². The maximum absolute atomic E-state index is 13.9. The normalized spacial score (nSPS) is 23.7. The third-order valence-electron chi connectivity index (χ3n) is 4.74. The topological polar surface area (TPSA) is 49.9 Å². The van der Waals surface area contributed by atoms with Crippen molar-refractivity contribution in [3.05, 3.63) is 34.6 Å². The van der Waals surface area contributed by atoms with E-state index >= 15 is 0 Å². The number of nitrogens with zero attached hydrogens (tertiary/aromatic N) is 2. The lowest BCUT2D eigenvalue weighted by molar-refractivity contribution is -0.134. The van der Waals surface area contributed by atoms with Gasteiger partial charge in [-0.05, 0) is 18.6 Å². The Morgan fingerprint density at radius 2 is 2.22 bits per heavy atom. The zero-order valence-electron chi connectivity index (χ0n) is 12.8. The van der Waals surface area contributed by atoms with E-state index < -0.39 is 11.4 Å². The Hall–Kier alpha value is -1.82. The fourth-order valence-corrected chi connectivity index (χ4v) is 3.47. The summed E-state index contributed by atoms with van der Waals surface area (Å²) in [6, 6.07) is 4.38. The van der Waals surface area contributed by atoms with Crippen LogP contribution in [0.1, 0.15) is 18.9 Å². The van der Waals surface area contributed by atoms with Gasteiger partial charge in [-0.1, -0.05) is 24.6 Å². The van der Waals surface area contributed by atoms with Crippen molar-refractivity contribution in [3.8, 4) is 0 Å². The van der Waals surface area contributed by atoms with E-state index in [1.165, 1.54) is 12.1 Å². The molecular formula is C16H18ClFN2O3. The molecule has 2 fully saturated rings. The van der Waals surface area contributed by atoms with Gasteiger partial charge in [0.2, 0.25) is 5.91 Å². The molecule has 0 aliphatic carbocycles. The summed E-state index contributed by atoms with van der Waals surface area (Å²) in [5, 5.41) is 0.251. The molecule has 1 aromatic carbocycles. The van der Waals surface area contributed by atoms with Gasteiger partial charge in [0.05, 0.1) is 12.0 Å². The quantitative estimate of drug-likeness (QED) is 0.849. The zero-order chi connectivity index (χ0) is 16.6. The number of carbonyl (C=O) groups excluding carboxylic acids is 2. The minimum Gasteiger partial charge on any atom is -0.447 e. The van der Waals surface area contributed by atoms with Gasteiger partial charge in [-0.25, -0.2) is 9.18 Å². The van der Waals surface area contributed by atoms with Crippen LogP contribution in [-0.2, 0) is 16.0 Å². The predicted octanol–water partition coefficient (Wildman–Crippen LogP) is 2.46. The maximum Gasteiger partial charge on any atom is 0.410 e. The molecule has 124 valence electrons. The molecule has 0 saturated carbocycles. The molecular weight excluding hydrogens is 323 g/mol. The summed E-state index contributed by atoms with van der Waals surface area (Å²) in [7, 11) is 0. The molecule has 2 aliphatic heterocycles. The number of benzene rings is 1. The first kappa shape index (κ1) is 16.1. The van der Waals surface area contributed by atoms with Gasteiger partial charge in [-0.2, -0.15) is 0 Å². The highest BCUT2D eigenvalue weighted by Crippen LogP contribution is 2.32. The molecule has 5 nitrogen and oxygen atoms in total. The Morgan fingerprint density at radius 1 is 1.43 bits per heavy atom. The van der Waals surface area contributed by atoms with Crippen LogP contribution in [0.4, 0.5) is 9.18 Å². The van der Waals surface area contributed by atoms with Gasteiger partial charge in [-0.15, -0.1) is 0 Å². The van der Waals surface area contributed by atoms with Crippen molar-refractivity contribution < 1.29 is 18.7 Å². The van der Waals surface area contributed by atoms with Crippen LogP contribution in [-0.4, -0.2) is 53.6 Å². The molecule has 2 heterocycles. The minimum absolute atomic E-state index is 0.0832. The van der Waals surface area contributed by atoms with E-state index in [0.29, 0.717) is 26.1 Å². The van der Waals surface area contributed by atoms with Crippen molar-refractivity contribution in [2.45, 2.75) is 25.3 Å². The number of halogens is 2. The molecule has 1 unspecified atom stereocenters. The van der Waals surface area contributed by atoms with Crippen molar-refractivity contribution in [2.75, 3.05) is 26.2 Å². The summed E-state index contributed by atoms with van der Waals surface area (Å²) in [6.45, 7) is 3.51. The summed E-state index contributed by atoms with van der Waals surface area (Å²) in [4.78, 5) is 27.7. The van der Waals surface area contributed by atoms with Crippen molar-refractivity contribution in [3.63, 3.8) is 0 Å². The molecule has 0 spiro atoms. The van der Waals surface area contributed by atoms with Crippen LogP contribution >= 0.6 is 11.6 Å².